The van der Waals surface area contributed by atoms with Gasteiger partial charge in [0.1, 0.15) is 0 Å². The first-order chi connectivity index (χ1) is 10.3. The van der Waals surface area contributed by atoms with Gasteiger partial charge in [-0.1, -0.05) is 62.8 Å². The minimum atomic E-state index is 0.909. The fourth-order valence-electron chi connectivity index (χ4n) is 2.48. The normalized spacial score (nSPS) is 11.6. The van der Waals surface area contributed by atoms with Gasteiger partial charge in [0.05, 0.1) is 0 Å². The Balaban J connectivity index is 2.01. The first-order valence-electron chi connectivity index (χ1n) is 7.87. The number of H-pyrrole nitrogens is 1. The van der Waals surface area contributed by atoms with Crippen molar-refractivity contribution in [2.75, 3.05) is 0 Å². The highest BCUT2D eigenvalue weighted by Gasteiger charge is 1.99. The number of benzene rings is 1. The fraction of sp³-hybridized carbons (Fsp3) is 0.300. The zero-order chi connectivity index (χ0) is 14.9. The van der Waals surface area contributed by atoms with Crippen LogP contribution in [0.15, 0.2) is 61.3 Å². The standard InChI is InChI=1S/C20H25N/c1-3-5-6-8-17-10-12-19(13-11-17)18(4-2)14-15-20-9-7-16-21-20/h4,7,9-14,16,21H,2-3,5-6,8,15H2,1H3/b18-14+. The third-order valence-electron chi connectivity index (χ3n) is 3.78. The van der Waals surface area contributed by atoms with Crippen molar-refractivity contribution in [1.29, 1.82) is 0 Å². The molecule has 1 heteroatoms. The molecule has 1 heterocycles. The van der Waals surface area contributed by atoms with E-state index in [1.807, 2.05) is 18.3 Å². The average Bonchev–Trinajstić information content (AvgIpc) is 3.03. The van der Waals surface area contributed by atoms with E-state index in [4.69, 9.17) is 0 Å². The van der Waals surface area contributed by atoms with Crippen molar-refractivity contribution in [3.05, 3.63) is 78.1 Å². The zero-order valence-electron chi connectivity index (χ0n) is 12.9. The molecule has 0 unspecified atom stereocenters. The van der Waals surface area contributed by atoms with Gasteiger partial charge in [0.15, 0.2) is 0 Å². The van der Waals surface area contributed by atoms with Gasteiger partial charge >= 0.3 is 0 Å². The van der Waals surface area contributed by atoms with Gasteiger partial charge in [-0.2, -0.15) is 0 Å². The third-order valence-corrected chi connectivity index (χ3v) is 3.78. The first kappa shape index (κ1) is 15.4. The topological polar surface area (TPSA) is 15.8 Å². The van der Waals surface area contributed by atoms with Crippen LogP contribution in [-0.4, -0.2) is 4.98 Å². The third kappa shape index (κ3) is 4.78. The smallest absolute Gasteiger partial charge is 0.0185 e. The van der Waals surface area contributed by atoms with E-state index in [2.05, 4.69) is 54.9 Å². The maximum absolute atomic E-state index is 3.94. The summed E-state index contributed by atoms with van der Waals surface area (Å²) in [7, 11) is 0. The van der Waals surface area contributed by atoms with Crippen molar-refractivity contribution >= 4 is 5.57 Å². The van der Waals surface area contributed by atoms with E-state index in [1.54, 1.807) is 0 Å². The van der Waals surface area contributed by atoms with Gasteiger partial charge in [0.25, 0.3) is 0 Å². The van der Waals surface area contributed by atoms with Gasteiger partial charge in [-0.15, -0.1) is 0 Å². The molecule has 0 amide bonds. The van der Waals surface area contributed by atoms with E-state index in [9.17, 15) is 0 Å². The quantitative estimate of drug-likeness (QED) is 0.481. The van der Waals surface area contributed by atoms with Crippen LogP contribution in [0.2, 0.25) is 0 Å². The highest BCUT2D eigenvalue weighted by molar-refractivity contribution is 5.73. The van der Waals surface area contributed by atoms with Crippen molar-refractivity contribution in [2.45, 2.75) is 39.0 Å². The van der Waals surface area contributed by atoms with Gasteiger partial charge in [0, 0.05) is 18.3 Å². The molecule has 21 heavy (non-hydrogen) atoms. The van der Waals surface area contributed by atoms with Gasteiger partial charge in [-0.3, -0.25) is 0 Å². The van der Waals surface area contributed by atoms with E-state index < -0.39 is 0 Å². The Morgan fingerprint density at radius 1 is 1.14 bits per heavy atom. The van der Waals surface area contributed by atoms with Crippen molar-refractivity contribution in [3.8, 4) is 0 Å². The molecular weight excluding hydrogens is 254 g/mol. The molecule has 0 atom stereocenters. The van der Waals surface area contributed by atoms with Crippen LogP contribution >= 0.6 is 0 Å². The van der Waals surface area contributed by atoms with E-state index in [0.717, 1.165) is 6.42 Å². The summed E-state index contributed by atoms with van der Waals surface area (Å²) in [6.45, 7) is 6.19. The van der Waals surface area contributed by atoms with Crippen LogP contribution in [-0.2, 0) is 12.8 Å². The Bertz CT molecular complexity index is 558. The molecule has 2 aromatic rings. The monoisotopic (exact) mass is 279 g/mol. The second-order valence-electron chi connectivity index (χ2n) is 5.42. The van der Waals surface area contributed by atoms with Crippen LogP contribution in [0.25, 0.3) is 5.57 Å². The molecular formula is C20H25N. The van der Waals surface area contributed by atoms with E-state index >= 15 is 0 Å². The van der Waals surface area contributed by atoms with E-state index in [-0.39, 0.29) is 0 Å². The summed E-state index contributed by atoms with van der Waals surface area (Å²) in [6, 6.07) is 13.1. The van der Waals surface area contributed by atoms with Crippen LogP contribution in [0.3, 0.4) is 0 Å². The van der Waals surface area contributed by atoms with Gasteiger partial charge < -0.3 is 4.98 Å². The van der Waals surface area contributed by atoms with E-state index in [0.29, 0.717) is 0 Å². The van der Waals surface area contributed by atoms with Crippen molar-refractivity contribution in [2.24, 2.45) is 0 Å². The molecule has 110 valence electrons. The molecule has 1 nitrogen and oxygen atoms in total. The second-order valence-corrected chi connectivity index (χ2v) is 5.42. The molecule has 0 saturated heterocycles. The lowest BCUT2D eigenvalue weighted by atomic mass is 10.0. The number of hydrogen-bond donors (Lipinski definition) is 1. The molecule has 1 aromatic heterocycles. The summed E-state index contributed by atoms with van der Waals surface area (Å²) >= 11 is 0. The van der Waals surface area contributed by atoms with Gasteiger partial charge in [0.2, 0.25) is 0 Å². The van der Waals surface area contributed by atoms with Crippen molar-refractivity contribution in [3.63, 3.8) is 0 Å². The van der Waals surface area contributed by atoms with Crippen LogP contribution in [0.1, 0.15) is 43.0 Å². The highest BCUT2D eigenvalue weighted by Crippen LogP contribution is 2.18. The Kier molecular flexibility index (Phi) is 6.08. The summed E-state index contributed by atoms with van der Waals surface area (Å²) in [5, 5.41) is 0. The Labute approximate surface area is 128 Å². The van der Waals surface area contributed by atoms with Gasteiger partial charge in [-0.05, 0) is 41.7 Å². The first-order valence-corrected chi connectivity index (χ1v) is 7.87. The summed E-state index contributed by atoms with van der Waals surface area (Å²) in [6.07, 6.45) is 12.1. The number of rotatable bonds is 8. The molecule has 0 saturated carbocycles. The molecule has 0 aliphatic heterocycles. The lowest BCUT2D eigenvalue weighted by molar-refractivity contribution is 0.717. The van der Waals surface area contributed by atoms with Crippen LogP contribution in [0, 0.1) is 0 Å². The zero-order valence-corrected chi connectivity index (χ0v) is 12.9. The number of aromatic nitrogens is 1. The molecule has 0 fully saturated rings. The lowest BCUT2D eigenvalue weighted by Gasteiger charge is -2.05. The van der Waals surface area contributed by atoms with E-state index in [1.165, 1.54) is 48.1 Å². The largest absolute Gasteiger partial charge is 0.365 e. The maximum Gasteiger partial charge on any atom is 0.0185 e. The average molecular weight is 279 g/mol. The predicted molar refractivity (Wildman–Crippen MR) is 92.3 cm³/mol. The van der Waals surface area contributed by atoms with Gasteiger partial charge in [-0.25, -0.2) is 0 Å². The molecule has 1 N–H and O–H groups in total. The highest BCUT2D eigenvalue weighted by atomic mass is 14.7. The fourth-order valence-corrected chi connectivity index (χ4v) is 2.48. The van der Waals surface area contributed by atoms with Crippen LogP contribution in [0.5, 0.6) is 0 Å². The molecule has 0 aliphatic carbocycles. The minimum absolute atomic E-state index is 0.909. The van der Waals surface area contributed by atoms with Crippen LogP contribution in [0.4, 0.5) is 0 Å². The van der Waals surface area contributed by atoms with Crippen molar-refractivity contribution < 1.29 is 0 Å². The number of aromatic amines is 1. The molecule has 1 aromatic carbocycles. The Morgan fingerprint density at radius 3 is 2.57 bits per heavy atom. The number of nitrogens with one attached hydrogen (secondary N) is 1. The summed E-state index contributed by atoms with van der Waals surface area (Å²) in [5.74, 6) is 0. The maximum atomic E-state index is 3.94. The summed E-state index contributed by atoms with van der Waals surface area (Å²) in [5.41, 5.74) is 5.10. The molecule has 0 spiro atoms. The van der Waals surface area contributed by atoms with Crippen molar-refractivity contribution in [1.82, 2.24) is 4.98 Å². The number of unbranched alkanes of at least 4 members (excludes halogenated alkanes) is 2. The lowest BCUT2D eigenvalue weighted by Crippen LogP contribution is -1.88. The number of hydrogen-bond acceptors (Lipinski definition) is 0. The van der Waals surface area contributed by atoms with Crippen LogP contribution < -0.4 is 0 Å². The minimum Gasteiger partial charge on any atom is -0.365 e. The molecule has 2 rings (SSSR count). The SMILES string of the molecule is C=C/C(=C\Cc1ccc[nH]1)c1ccc(CCCCC)cc1. The summed E-state index contributed by atoms with van der Waals surface area (Å²) < 4.78 is 0. The second kappa shape index (κ2) is 8.31. The molecule has 0 bridgehead atoms. The number of allylic oxidation sites excluding steroid dienone is 3. The molecule has 0 aliphatic rings. The summed E-state index contributed by atoms with van der Waals surface area (Å²) in [4.78, 5) is 3.23. The molecule has 0 radical (unpaired) electrons. The Morgan fingerprint density at radius 2 is 1.95 bits per heavy atom. The number of aryl methyl sites for hydroxylation is 1. The Hall–Kier alpha value is -2.02. The predicted octanol–water partition coefficient (Wildman–Crippen LogP) is 5.56.